The zero-order valence-corrected chi connectivity index (χ0v) is 11.2. The van der Waals surface area contributed by atoms with E-state index in [2.05, 4.69) is 0 Å². The van der Waals surface area contributed by atoms with E-state index in [9.17, 15) is 5.11 Å². The molecule has 2 aromatic rings. The molecule has 0 amide bonds. The largest absolute Gasteiger partial charge is 0.457 e. The van der Waals surface area contributed by atoms with E-state index in [1.54, 1.807) is 37.3 Å². The second-order valence-electron chi connectivity index (χ2n) is 3.92. The summed E-state index contributed by atoms with van der Waals surface area (Å²) < 4.78 is 5.62. The van der Waals surface area contributed by atoms with E-state index in [4.69, 9.17) is 27.9 Å². The van der Waals surface area contributed by atoms with E-state index < -0.39 is 6.10 Å². The Labute approximate surface area is 116 Å². The van der Waals surface area contributed by atoms with E-state index in [0.717, 1.165) is 5.56 Å². The molecular weight excluding hydrogens is 271 g/mol. The monoisotopic (exact) mass is 282 g/mol. The number of hydrogen-bond acceptors (Lipinski definition) is 2. The molecule has 2 rings (SSSR count). The predicted molar refractivity (Wildman–Crippen MR) is 73.6 cm³/mol. The van der Waals surface area contributed by atoms with Gasteiger partial charge in [0.15, 0.2) is 0 Å². The van der Waals surface area contributed by atoms with Crippen LogP contribution in [0.15, 0.2) is 42.5 Å². The van der Waals surface area contributed by atoms with Crippen LogP contribution in [0.4, 0.5) is 0 Å². The first-order valence-corrected chi connectivity index (χ1v) is 6.23. The summed E-state index contributed by atoms with van der Waals surface area (Å²) in [4.78, 5) is 0. The van der Waals surface area contributed by atoms with Gasteiger partial charge in [0.05, 0.1) is 16.1 Å². The summed E-state index contributed by atoms with van der Waals surface area (Å²) in [5.74, 6) is 1.30. The van der Waals surface area contributed by atoms with Crippen LogP contribution in [0.5, 0.6) is 11.5 Å². The van der Waals surface area contributed by atoms with Gasteiger partial charge in [0.25, 0.3) is 0 Å². The number of ether oxygens (including phenoxy) is 1. The molecule has 1 atom stereocenters. The third-order valence-electron chi connectivity index (χ3n) is 2.49. The van der Waals surface area contributed by atoms with Crippen LogP contribution in [0.2, 0.25) is 10.0 Å². The smallest absolute Gasteiger partial charge is 0.129 e. The molecule has 4 heteroatoms. The maximum atomic E-state index is 9.40. The van der Waals surface area contributed by atoms with Crippen molar-refractivity contribution in [3.8, 4) is 11.5 Å². The number of benzene rings is 2. The Morgan fingerprint density at radius 3 is 2.11 bits per heavy atom. The van der Waals surface area contributed by atoms with E-state index in [1.165, 1.54) is 0 Å². The molecule has 94 valence electrons. The van der Waals surface area contributed by atoms with Gasteiger partial charge in [0.1, 0.15) is 11.5 Å². The highest BCUT2D eigenvalue weighted by molar-refractivity contribution is 6.42. The highest BCUT2D eigenvalue weighted by Crippen LogP contribution is 2.29. The quantitative estimate of drug-likeness (QED) is 0.873. The Bertz CT molecular complexity index is 536. The lowest BCUT2D eigenvalue weighted by molar-refractivity contribution is 0.199. The van der Waals surface area contributed by atoms with Crippen LogP contribution in [-0.4, -0.2) is 5.11 Å². The van der Waals surface area contributed by atoms with Gasteiger partial charge in [-0.05, 0) is 36.8 Å². The molecule has 0 aliphatic rings. The third kappa shape index (κ3) is 3.16. The van der Waals surface area contributed by atoms with E-state index in [0.29, 0.717) is 21.5 Å². The average Bonchev–Trinajstić information content (AvgIpc) is 2.34. The molecule has 1 N–H and O–H groups in total. The minimum atomic E-state index is -0.482. The number of rotatable bonds is 3. The minimum Gasteiger partial charge on any atom is -0.457 e. The van der Waals surface area contributed by atoms with E-state index >= 15 is 0 Å². The molecule has 0 aliphatic carbocycles. The van der Waals surface area contributed by atoms with Crippen LogP contribution in [0.3, 0.4) is 0 Å². The van der Waals surface area contributed by atoms with Crippen molar-refractivity contribution in [2.24, 2.45) is 0 Å². The van der Waals surface area contributed by atoms with Crippen molar-refractivity contribution in [1.29, 1.82) is 0 Å². The summed E-state index contributed by atoms with van der Waals surface area (Å²) in [6.45, 7) is 1.72. The fourth-order valence-corrected chi connectivity index (χ4v) is 1.78. The first kappa shape index (κ1) is 13.2. The molecular formula is C14H12Cl2O2. The summed E-state index contributed by atoms with van der Waals surface area (Å²) in [5.41, 5.74) is 0.844. The van der Waals surface area contributed by atoms with Crippen molar-refractivity contribution in [2.45, 2.75) is 13.0 Å². The molecule has 0 bridgehead atoms. The Morgan fingerprint density at radius 2 is 1.56 bits per heavy atom. The minimum absolute atomic E-state index is 0.453. The van der Waals surface area contributed by atoms with Gasteiger partial charge in [-0.25, -0.2) is 0 Å². The Kier molecular flexibility index (Phi) is 4.12. The predicted octanol–water partition coefficient (Wildman–Crippen LogP) is 4.84. The molecule has 0 aliphatic heterocycles. The molecule has 18 heavy (non-hydrogen) atoms. The van der Waals surface area contributed by atoms with Gasteiger partial charge >= 0.3 is 0 Å². The first-order valence-electron chi connectivity index (χ1n) is 5.47. The van der Waals surface area contributed by atoms with Crippen molar-refractivity contribution in [1.82, 2.24) is 0 Å². The lowest BCUT2D eigenvalue weighted by atomic mass is 10.1. The Hall–Kier alpha value is -1.22. The average molecular weight is 283 g/mol. The van der Waals surface area contributed by atoms with Gasteiger partial charge in [0.2, 0.25) is 0 Å². The number of aliphatic hydroxyl groups is 1. The van der Waals surface area contributed by atoms with Crippen molar-refractivity contribution in [3.05, 3.63) is 58.1 Å². The van der Waals surface area contributed by atoms with Crippen molar-refractivity contribution in [2.75, 3.05) is 0 Å². The summed E-state index contributed by atoms with van der Waals surface area (Å²) in [5, 5.41) is 10.3. The Morgan fingerprint density at radius 1 is 0.944 bits per heavy atom. The molecule has 0 radical (unpaired) electrons. The molecule has 0 aromatic heterocycles. The summed E-state index contributed by atoms with van der Waals surface area (Å²) in [6, 6.07) is 12.3. The standard InChI is InChI=1S/C14H12Cl2O2/c1-9(17)10-2-4-11(5-3-10)18-12-6-7-13(15)14(16)8-12/h2-9,17H,1H3. The Balaban J connectivity index is 2.15. The van der Waals surface area contributed by atoms with Gasteiger partial charge in [-0.15, -0.1) is 0 Å². The third-order valence-corrected chi connectivity index (χ3v) is 3.23. The van der Waals surface area contributed by atoms with Crippen LogP contribution in [0.25, 0.3) is 0 Å². The van der Waals surface area contributed by atoms with Gasteiger partial charge in [-0.1, -0.05) is 35.3 Å². The van der Waals surface area contributed by atoms with Gasteiger partial charge in [-0.3, -0.25) is 0 Å². The summed E-state index contributed by atoms with van der Waals surface area (Å²) in [7, 11) is 0. The van der Waals surface area contributed by atoms with Gasteiger partial charge in [-0.2, -0.15) is 0 Å². The molecule has 0 saturated heterocycles. The topological polar surface area (TPSA) is 29.5 Å². The molecule has 1 unspecified atom stereocenters. The van der Waals surface area contributed by atoms with Crippen LogP contribution < -0.4 is 4.74 Å². The van der Waals surface area contributed by atoms with Gasteiger partial charge in [0, 0.05) is 6.07 Å². The molecule has 2 nitrogen and oxygen atoms in total. The summed E-state index contributed by atoms with van der Waals surface area (Å²) in [6.07, 6.45) is -0.482. The van der Waals surface area contributed by atoms with E-state index in [1.807, 2.05) is 12.1 Å². The number of aliphatic hydroxyl groups excluding tert-OH is 1. The van der Waals surface area contributed by atoms with Crippen LogP contribution in [0, 0.1) is 0 Å². The summed E-state index contributed by atoms with van der Waals surface area (Å²) >= 11 is 11.7. The van der Waals surface area contributed by atoms with Crippen molar-refractivity contribution >= 4 is 23.2 Å². The van der Waals surface area contributed by atoms with Crippen LogP contribution >= 0.6 is 23.2 Å². The molecule has 0 heterocycles. The maximum Gasteiger partial charge on any atom is 0.129 e. The second kappa shape index (κ2) is 5.61. The van der Waals surface area contributed by atoms with Crippen LogP contribution in [-0.2, 0) is 0 Å². The van der Waals surface area contributed by atoms with E-state index in [-0.39, 0.29) is 0 Å². The normalized spacial score (nSPS) is 12.2. The lowest BCUT2D eigenvalue weighted by Crippen LogP contribution is -1.90. The number of halogens is 2. The highest BCUT2D eigenvalue weighted by Gasteiger charge is 2.03. The zero-order chi connectivity index (χ0) is 13.1. The van der Waals surface area contributed by atoms with Crippen LogP contribution in [0.1, 0.15) is 18.6 Å². The second-order valence-corrected chi connectivity index (χ2v) is 4.74. The zero-order valence-electron chi connectivity index (χ0n) is 9.73. The maximum absolute atomic E-state index is 9.40. The molecule has 0 saturated carbocycles. The molecule has 2 aromatic carbocycles. The van der Waals surface area contributed by atoms with Gasteiger partial charge < -0.3 is 9.84 Å². The van der Waals surface area contributed by atoms with Crippen molar-refractivity contribution in [3.63, 3.8) is 0 Å². The fourth-order valence-electron chi connectivity index (χ4n) is 1.49. The van der Waals surface area contributed by atoms with Crippen molar-refractivity contribution < 1.29 is 9.84 Å². The number of hydrogen-bond donors (Lipinski definition) is 1. The fraction of sp³-hybridized carbons (Fsp3) is 0.143. The highest BCUT2D eigenvalue weighted by atomic mass is 35.5. The SMILES string of the molecule is CC(O)c1ccc(Oc2ccc(Cl)c(Cl)c2)cc1. The molecule has 0 fully saturated rings. The lowest BCUT2D eigenvalue weighted by Gasteiger charge is -2.08. The first-order chi connectivity index (χ1) is 8.56. The molecule has 0 spiro atoms.